The minimum atomic E-state index is -0.732. The van der Waals surface area contributed by atoms with E-state index in [9.17, 15) is 22.8 Å². The lowest BCUT2D eigenvalue weighted by molar-refractivity contribution is -0.120. The Labute approximate surface area is 163 Å². The molecular weight excluding hydrogens is 381 g/mol. The zero-order valence-corrected chi connectivity index (χ0v) is 14.8. The van der Waals surface area contributed by atoms with Gasteiger partial charge in [-0.2, -0.15) is 0 Å². The molecule has 0 atom stereocenters. The Morgan fingerprint density at radius 2 is 1.34 bits per heavy atom. The molecule has 0 saturated heterocycles. The van der Waals surface area contributed by atoms with Gasteiger partial charge in [-0.05, 0) is 54.1 Å². The van der Waals surface area contributed by atoms with Crippen LogP contribution in [0, 0.1) is 17.5 Å². The van der Waals surface area contributed by atoms with Gasteiger partial charge in [-0.1, -0.05) is 24.3 Å². The van der Waals surface area contributed by atoms with Crippen LogP contribution in [0.3, 0.4) is 0 Å². The number of halogens is 3. The molecule has 29 heavy (non-hydrogen) atoms. The first kappa shape index (κ1) is 18.5. The molecule has 7 heteroatoms. The van der Waals surface area contributed by atoms with Gasteiger partial charge < -0.3 is 5.32 Å². The first-order valence-electron chi connectivity index (χ1n) is 8.61. The van der Waals surface area contributed by atoms with E-state index in [1.807, 2.05) is 0 Å². The van der Waals surface area contributed by atoms with Gasteiger partial charge in [0.25, 0.3) is 11.8 Å². The highest BCUT2D eigenvalue weighted by molar-refractivity contribution is 6.46. The Morgan fingerprint density at radius 1 is 0.690 bits per heavy atom. The summed E-state index contributed by atoms with van der Waals surface area (Å²) in [6, 6.07) is 15.5. The lowest BCUT2D eigenvalue weighted by Gasteiger charge is -2.15. The topological polar surface area (TPSA) is 49.4 Å². The number of imide groups is 1. The summed E-state index contributed by atoms with van der Waals surface area (Å²) in [5, 5.41) is 2.78. The third-order valence-corrected chi connectivity index (χ3v) is 4.38. The molecule has 0 bridgehead atoms. The summed E-state index contributed by atoms with van der Waals surface area (Å²) in [5.41, 5.74) is 0.458. The van der Waals surface area contributed by atoms with Crippen molar-refractivity contribution in [2.75, 3.05) is 10.2 Å². The van der Waals surface area contributed by atoms with Gasteiger partial charge in [-0.25, -0.2) is 18.1 Å². The van der Waals surface area contributed by atoms with E-state index in [2.05, 4.69) is 5.32 Å². The fraction of sp³-hybridized carbons (Fsp3) is 0. The van der Waals surface area contributed by atoms with Crippen molar-refractivity contribution < 1.29 is 22.8 Å². The predicted octanol–water partition coefficient (Wildman–Crippen LogP) is 4.50. The summed E-state index contributed by atoms with van der Waals surface area (Å²) in [5.74, 6) is -3.08. The smallest absolute Gasteiger partial charge is 0.282 e. The van der Waals surface area contributed by atoms with Crippen LogP contribution in [0.25, 0.3) is 5.57 Å². The fourth-order valence-electron chi connectivity index (χ4n) is 3.09. The number of carbonyl (C=O) groups excluding carboxylic acids is 2. The third-order valence-electron chi connectivity index (χ3n) is 4.38. The average Bonchev–Trinajstić information content (AvgIpc) is 2.92. The van der Waals surface area contributed by atoms with Crippen LogP contribution in [0.5, 0.6) is 0 Å². The zero-order valence-electron chi connectivity index (χ0n) is 14.8. The second-order valence-electron chi connectivity index (χ2n) is 6.32. The Balaban J connectivity index is 1.83. The van der Waals surface area contributed by atoms with Gasteiger partial charge >= 0.3 is 0 Å². The number of carbonyl (C=O) groups is 2. The Kier molecular flexibility index (Phi) is 4.64. The van der Waals surface area contributed by atoms with E-state index in [0.29, 0.717) is 5.56 Å². The van der Waals surface area contributed by atoms with Gasteiger partial charge in [0, 0.05) is 5.69 Å². The van der Waals surface area contributed by atoms with Crippen LogP contribution >= 0.6 is 0 Å². The van der Waals surface area contributed by atoms with Crippen molar-refractivity contribution in [2.24, 2.45) is 0 Å². The largest absolute Gasteiger partial charge is 0.350 e. The molecule has 0 unspecified atom stereocenters. The Bertz CT molecular complexity index is 1160. The number of hydrogen-bond acceptors (Lipinski definition) is 3. The van der Waals surface area contributed by atoms with Crippen LogP contribution in [0.4, 0.5) is 24.5 Å². The standard InChI is InChI=1S/C22H13F3N2O2/c23-14-9-7-13(8-10-14)19-20(26-17-5-1-3-15(24)11-17)22(29)27(21(19)28)18-6-2-4-16(25)12-18/h1-12,26H. The minimum absolute atomic E-state index is 0.0245. The van der Waals surface area contributed by atoms with E-state index < -0.39 is 29.3 Å². The molecule has 0 spiro atoms. The van der Waals surface area contributed by atoms with Gasteiger partial charge in [0.1, 0.15) is 23.1 Å². The SMILES string of the molecule is O=C1C(Nc2cccc(F)c2)=C(c2ccc(F)cc2)C(=O)N1c1cccc(F)c1. The molecule has 3 aromatic carbocycles. The molecule has 0 aromatic heterocycles. The van der Waals surface area contributed by atoms with Crippen LogP contribution in [0.15, 0.2) is 78.5 Å². The van der Waals surface area contributed by atoms with Crippen molar-refractivity contribution in [1.29, 1.82) is 0 Å². The summed E-state index contributed by atoms with van der Waals surface area (Å²) in [6.07, 6.45) is 0. The summed E-state index contributed by atoms with van der Waals surface area (Å²) < 4.78 is 40.6. The molecule has 0 fully saturated rings. The number of benzene rings is 3. The summed E-state index contributed by atoms with van der Waals surface area (Å²) >= 11 is 0. The van der Waals surface area contributed by atoms with Crippen molar-refractivity contribution in [3.8, 4) is 0 Å². The molecule has 2 amide bonds. The Morgan fingerprint density at radius 3 is 2.00 bits per heavy atom. The number of hydrogen-bond donors (Lipinski definition) is 1. The van der Waals surface area contributed by atoms with E-state index in [1.165, 1.54) is 48.5 Å². The van der Waals surface area contributed by atoms with Gasteiger partial charge in [-0.15, -0.1) is 0 Å². The predicted molar refractivity (Wildman–Crippen MR) is 102 cm³/mol. The van der Waals surface area contributed by atoms with Crippen molar-refractivity contribution in [3.63, 3.8) is 0 Å². The molecule has 4 rings (SSSR count). The lowest BCUT2D eigenvalue weighted by atomic mass is 10.0. The van der Waals surface area contributed by atoms with Crippen molar-refractivity contribution in [3.05, 3.63) is 102 Å². The molecular formula is C22H13F3N2O2. The highest BCUT2D eigenvalue weighted by Gasteiger charge is 2.40. The van der Waals surface area contributed by atoms with Crippen LogP contribution in [-0.4, -0.2) is 11.8 Å². The van der Waals surface area contributed by atoms with Gasteiger partial charge in [0.15, 0.2) is 0 Å². The second-order valence-corrected chi connectivity index (χ2v) is 6.32. The third kappa shape index (κ3) is 3.50. The van der Waals surface area contributed by atoms with Crippen molar-refractivity contribution >= 4 is 28.8 Å². The second kappa shape index (κ2) is 7.27. The molecule has 1 aliphatic heterocycles. The van der Waals surface area contributed by atoms with E-state index in [-0.39, 0.29) is 22.6 Å². The van der Waals surface area contributed by atoms with Crippen molar-refractivity contribution in [1.82, 2.24) is 0 Å². The monoisotopic (exact) mass is 394 g/mol. The highest BCUT2D eigenvalue weighted by atomic mass is 19.1. The number of nitrogens with zero attached hydrogens (tertiary/aromatic N) is 1. The highest BCUT2D eigenvalue weighted by Crippen LogP contribution is 2.34. The molecule has 0 saturated carbocycles. The quantitative estimate of drug-likeness (QED) is 0.663. The van der Waals surface area contributed by atoms with Crippen LogP contribution in [0.2, 0.25) is 0 Å². The molecule has 1 N–H and O–H groups in total. The molecule has 144 valence electrons. The van der Waals surface area contributed by atoms with Gasteiger partial charge in [-0.3, -0.25) is 9.59 Å². The van der Waals surface area contributed by atoms with Crippen LogP contribution in [0.1, 0.15) is 5.56 Å². The Hall–Kier alpha value is -3.87. The maximum atomic E-state index is 13.7. The van der Waals surface area contributed by atoms with Crippen LogP contribution in [-0.2, 0) is 9.59 Å². The molecule has 0 radical (unpaired) electrons. The minimum Gasteiger partial charge on any atom is -0.350 e. The van der Waals surface area contributed by atoms with Crippen LogP contribution < -0.4 is 10.2 Å². The first-order valence-corrected chi connectivity index (χ1v) is 8.61. The molecule has 0 aliphatic carbocycles. The maximum Gasteiger partial charge on any atom is 0.282 e. The number of nitrogens with one attached hydrogen (secondary N) is 1. The first-order chi connectivity index (χ1) is 13.9. The zero-order chi connectivity index (χ0) is 20.5. The van der Waals surface area contributed by atoms with Gasteiger partial charge in [0.05, 0.1) is 11.3 Å². The van der Waals surface area contributed by atoms with E-state index in [1.54, 1.807) is 0 Å². The summed E-state index contributed by atoms with van der Waals surface area (Å²) in [7, 11) is 0. The lowest BCUT2D eigenvalue weighted by Crippen LogP contribution is -2.32. The molecule has 1 aliphatic rings. The van der Waals surface area contributed by atoms with Crippen molar-refractivity contribution in [2.45, 2.75) is 0 Å². The molecule has 4 nitrogen and oxygen atoms in total. The maximum absolute atomic E-state index is 13.7. The number of amides is 2. The molecule has 3 aromatic rings. The molecule has 1 heterocycles. The van der Waals surface area contributed by atoms with E-state index >= 15 is 0 Å². The fourth-order valence-corrected chi connectivity index (χ4v) is 3.09. The normalized spacial score (nSPS) is 14.0. The summed E-state index contributed by atoms with van der Waals surface area (Å²) in [4.78, 5) is 27.0. The number of rotatable bonds is 4. The number of anilines is 2. The van der Waals surface area contributed by atoms with Gasteiger partial charge in [0.2, 0.25) is 0 Å². The summed E-state index contributed by atoms with van der Waals surface area (Å²) in [6.45, 7) is 0. The van der Waals surface area contributed by atoms with E-state index in [4.69, 9.17) is 0 Å². The van der Waals surface area contributed by atoms with E-state index in [0.717, 1.165) is 29.2 Å². The average molecular weight is 394 g/mol.